The van der Waals surface area contributed by atoms with Crippen LogP contribution in [0.15, 0.2) is 18.2 Å². The molecule has 0 aliphatic carbocycles. The minimum atomic E-state index is -0.431. The lowest BCUT2D eigenvalue weighted by atomic mass is 10.2. The molecule has 0 saturated heterocycles. The molecule has 0 aliphatic rings. The summed E-state index contributed by atoms with van der Waals surface area (Å²) in [4.78, 5) is 27.9. The first-order valence-electron chi connectivity index (χ1n) is 6.86. The van der Waals surface area contributed by atoms with E-state index in [1.807, 2.05) is 0 Å². The van der Waals surface area contributed by atoms with Crippen molar-refractivity contribution < 1.29 is 14.3 Å². The number of aryl methyl sites for hydroxylation is 1. The number of aromatic amines is 1. The number of nitrogens with zero attached hydrogens (tertiary/aromatic N) is 2. The summed E-state index contributed by atoms with van der Waals surface area (Å²) in [5.41, 5.74) is 1.38. The minimum Gasteiger partial charge on any atom is -0.423 e. The van der Waals surface area contributed by atoms with E-state index in [1.54, 1.807) is 32.0 Å². The van der Waals surface area contributed by atoms with Crippen molar-refractivity contribution in [3.8, 4) is 5.75 Å². The molecule has 0 atom stereocenters. The number of rotatable bonds is 4. The molecule has 0 aliphatic heterocycles. The average molecular weight is 350 g/mol. The Morgan fingerprint density at radius 3 is 2.83 bits per heavy atom. The molecule has 0 unspecified atom stereocenters. The van der Waals surface area contributed by atoms with Crippen LogP contribution in [0.5, 0.6) is 5.75 Å². The van der Waals surface area contributed by atoms with Crippen LogP contribution in [0.25, 0.3) is 10.9 Å². The van der Waals surface area contributed by atoms with E-state index in [0.29, 0.717) is 26.5 Å². The number of halogens is 1. The van der Waals surface area contributed by atoms with Gasteiger partial charge in [-0.05, 0) is 36.7 Å². The largest absolute Gasteiger partial charge is 0.423 e. The average Bonchev–Trinajstić information content (AvgIpc) is 3.11. The Balaban J connectivity index is 2.19. The molecule has 0 fully saturated rings. The zero-order chi connectivity index (χ0) is 16.6. The number of aromatic nitrogens is 3. The number of ether oxygens (including phenoxy) is 1. The van der Waals surface area contributed by atoms with Crippen molar-refractivity contribution in [2.75, 3.05) is 0 Å². The lowest BCUT2D eigenvalue weighted by Crippen LogP contribution is -2.10. The number of esters is 1. The third kappa shape index (κ3) is 2.85. The Bertz CT molecular complexity index is 916. The standard InChI is InChI=1S/C15H12ClN3O3S/c1-3-11(20)22-14-9-6-8(16)4-5-10(9)17-12(14)13(21)15-7(2)18-19-23-15/h4-6,17H,3H2,1-2H3. The molecule has 0 saturated carbocycles. The molecule has 8 heteroatoms. The van der Waals surface area contributed by atoms with Gasteiger partial charge in [0.15, 0.2) is 5.75 Å². The molecule has 3 aromatic rings. The highest BCUT2D eigenvalue weighted by Gasteiger charge is 2.25. The molecule has 2 aromatic heterocycles. The van der Waals surface area contributed by atoms with Crippen LogP contribution in [-0.4, -0.2) is 26.3 Å². The van der Waals surface area contributed by atoms with E-state index >= 15 is 0 Å². The van der Waals surface area contributed by atoms with Crippen LogP contribution in [0.1, 0.15) is 34.4 Å². The van der Waals surface area contributed by atoms with Crippen LogP contribution in [0.4, 0.5) is 0 Å². The summed E-state index contributed by atoms with van der Waals surface area (Å²) in [5.74, 6) is -0.560. The summed E-state index contributed by atoms with van der Waals surface area (Å²) in [6, 6.07) is 5.08. The van der Waals surface area contributed by atoms with Crippen LogP contribution in [0.2, 0.25) is 5.02 Å². The normalized spacial score (nSPS) is 10.9. The Morgan fingerprint density at radius 2 is 2.17 bits per heavy atom. The van der Waals surface area contributed by atoms with E-state index < -0.39 is 5.97 Å². The van der Waals surface area contributed by atoms with Gasteiger partial charge in [0.1, 0.15) is 10.6 Å². The van der Waals surface area contributed by atoms with Crippen molar-refractivity contribution in [3.05, 3.63) is 39.5 Å². The quantitative estimate of drug-likeness (QED) is 0.575. The van der Waals surface area contributed by atoms with E-state index in [1.165, 1.54) is 0 Å². The number of ketones is 1. The first kappa shape index (κ1) is 15.6. The lowest BCUT2D eigenvalue weighted by molar-refractivity contribution is -0.133. The molecule has 1 aromatic carbocycles. The predicted molar refractivity (Wildman–Crippen MR) is 87.3 cm³/mol. The first-order chi connectivity index (χ1) is 11.0. The summed E-state index contributed by atoms with van der Waals surface area (Å²) < 4.78 is 9.15. The molecule has 0 bridgehead atoms. The van der Waals surface area contributed by atoms with Crippen LogP contribution in [-0.2, 0) is 4.79 Å². The van der Waals surface area contributed by atoms with E-state index in [2.05, 4.69) is 14.6 Å². The topological polar surface area (TPSA) is 84.9 Å². The number of H-pyrrole nitrogens is 1. The van der Waals surface area contributed by atoms with Gasteiger partial charge < -0.3 is 9.72 Å². The van der Waals surface area contributed by atoms with Crippen LogP contribution < -0.4 is 4.74 Å². The van der Waals surface area contributed by atoms with Gasteiger partial charge in [0, 0.05) is 22.3 Å². The summed E-state index contributed by atoms with van der Waals surface area (Å²) >= 11 is 7.02. The Kier molecular flexibility index (Phi) is 4.14. The third-order valence-corrected chi connectivity index (χ3v) is 4.36. The molecule has 0 radical (unpaired) electrons. The van der Waals surface area contributed by atoms with Crippen molar-refractivity contribution in [1.29, 1.82) is 0 Å². The second-order valence-corrected chi connectivity index (χ2v) is 6.05. The van der Waals surface area contributed by atoms with Crippen LogP contribution in [0, 0.1) is 6.92 Å². The van der Waals surface area contributed by atoms with Gasteiger partial charge in [-0.15, -0.1) is 5.10 Å². The Morgan fingerprint density at radius 1 is 1.39 bits per heavy atom. The highest BCUT2D eigenvalue weighted by Crippen LogP contribution is 2.34. The molecule has 6 nitrogen and oxygen atoms in total. The van der Waals surface area contributed by atoms with Gasteiger partial charge in [-0.1, -0.05) is 23.0 Å². The summed E-state index contributed by atoms with van der Waals surface area (Å²) in [6.07, 6.45) is 0.196. The van der Waals surface area contributed by atoms with Crippen molar-refractivity contribution in [2.24, 2.45) is 0 Å². The van der Waals surface area contributed by atoms with Gasteiger partial charge in [-0.25, -0.2) is 0 Å². The van der Waals surface area contributed by atoms with Gasteiger partial charge >= 0.3 is 5.97 Å². The van der Waals surface area contributed by atoms with Crippen molar-refractivity contribution in [2.45, 2.75) is 20.3 Å². The summed E-state index contributed by atoms with van der Waals surface area (Å²) in [5, 5.41) is 4.91. The minimum absolute atomic E-state index is 0.187. The molecular weight excluding hydrogens is 338 g/mol. The van der Waals surface area contributed by atoms with Gasteiger partial charge in [-0.2, -0.15) is 0 Å². The second-order valence-electron chi connectivity index (χ2n) is 4.86. The molecule has 1 N–H and O–H groups in total. The van der Waals surface area contributed by atoms with Crippen molar-refractivity contribution >= 4 is 45.8 Å². The maximum absolute atomic E-state index is 12.7. The lowest BCUT2D eigenvalue weighted by Gasteiger charge is -2.04. The Labute approximate surface area is 140 Å². The van der Waals surface area contributed by atoms with E-state index in [9.17, 15) is 9.59 Å². The number of nitrogens with one attached hydrogen (secondary N) is 1. The van der Waals surface area contributed by atoms with Crippen LogP contribution in [0.3, 0.4) is 0 Å². The van der Waals surface area contributed by atoms with E-state index in [4.69, 9.17) is 16.3 Å². The zero-order valence-electron chi connectivity index (χ0n) is 12.3. The monoisotopic (exact) mass is 349 g/mol. The van der Waals surface area contributed by atoms with E-state index in [-0.39, 0.29) is 23.6 Å². The fourth-order valence-electron chi connectivity index (χ4n) is 2.14. The number of fused-ring (bicyclic) bond motifs is 1. The first-order valence-corrected chi connectivity index (χ1v) is 8.02. The molecule has 0 spiro atoms. The van der Waals surface area contributed by atoms with Gasteiger partial charge in [0.05, 0.1) is 5.69 Å². The third-order valence-electron chi connectivity index (χ3n) is 3.30. The molecule has 3 rings (SSSR count). The van der Waals surface area contributed by atoms with Crippen LogP contribution >= 0.6 is 23.1 Å². The number of carbonyl (C=O) groups is 2. The smallest absolute Gasteiger partial charge is 0.310 e. The number of hydrogen-bond acceptors (Lipinski definition) is 6. The highest BCUT2D eigenvalue weighted by atomic mass is 35.5. The molecule has 0 amide bonds. The van der Waals surface area contributed by atoms with Gasteiger partial charge in [-0.3, -0.25) is 9.59 Å². The van der Waals surface area contributed by atoms with Crippen molar-refractivity contribution in [1.82, 2.24) is 14.6 Å². The second kappa shape index (κ2) is 6.10. The zero-order valence-corrected chi connectivity index (χ0v) is 13.9. The Hall–Kier alpha value is -2.25. The highest BCUT2D eigenvalue weighted by molar-refractivity contribution is 7.08. The fraction of sp³-hybridized carbons (Fsp3) is 0.200. The van der Waals surface area contributed by atoms with Gasteiger partial charge in [0.2, 0.25) is 5.78 Å². The maximum atomic E-state index is 12.7. The fourth-order valence-corrected chi connectivity index (χ4v) is 2.92. The molecule has 118 valence electrons. The maximum Gasteiger partial charge on any atom is 0.310 e. The summed E-state index contributed by atoms with van der Waals surface area (Å²) in [6.45, 7) is 3.39. The number of hydrogen-bond donors (Lipinski definition) is 1. The van der Waals surface area contributed by atoms with Gasteiger partial charge in [0.25, 0.3) is 0 Å². The summed E-state index contributed by atoms with van der Waals surface area (Å²) in [7, 11) is 0. The molecular formula is C15H12ClN3O3S. The van der Waals surface area contributed by atoms with Crippen molar-refractivity contribution in [3.63, 3.8) is 0 Å². The molecule has 23 heavy (non-hydrogen) atoms. The number of carbonyl (C=O) groups excluding carboxylic acids is 2. The predicted octanol–water partition coefficient (Wildman–Crippen LogP) is 3.53. The van der Waals surface area contributed by atoms with E-state index in [0.717, 1.165) is 11.5 Å². The SMILES string of the molecule is CCC(=O)Oc1c(C(=O)c2snnc2C)[nH]c2ccc(Cl)cc12. The molecule has 2 heterocycles. The number of benzene rings is 1.